The maximum atomic E-state index is 5.25. The zero-order chi connectivity index (χ0) is 13.2. The number of anilines is 1. The van der Waals surface area contributed by atoms with E-state index in [0.717, 1.165) is 35.8 Å². The number of nitrogens with zero attached hydrogens (tertiary/aromatic N) is 2. The fraction of sp³-hybridized carbons (Fsp3) is 0.333. The standard InChI is InChI=1S/C15H17N3O/c1-16-15-12-7-4-8-13(12)17-14(18-15)10-5-3-6-11(9-10)19-2/h3,5-6,9H,4,7-8H2,1-2H3,(H,16,17,18). The van der Waals surface area contributed by atoms with Crippen LogP contribution in [0, 0.1) is 0 Å². The van der Waals surface area contributed by atoms with E-state index in [1.165, 1.54) is 17.7 Å². The van der Waals surface area contributed by atoms with Crippen molar-refractivity contribution in [1.82, 2.24) is 9.97 Å². The summed E-state index contributed by atoms with van der Waals surface area (Å²) in [5.41, 5.74) is 3.44. The normalized spacial score (nSPS) is 13.2. The molecule has 0 fully saturated rings. The van der Waals surface area contributed by atoms with Gasteiger partial charge in [0.25, 0.3) is 0 Å². The molecule has 0 bridgehead atoms. The highest BCUT2D eigenvalue weighted by atomic mass is 16.5. The molecule has 0 saturated carbocycles. The second-order valence-corrected chi connectivity index (χ2v) is 4.66. The number of ether oxygens (including phenoxy) is 1. The van der Waals surface area contributed by atoms with Crippen LogP contribution in [-0.4, -0.2) is 24.1 Å². The largest absolute Gasteiger partial charge is 0.497 e. The van der Waals surface area contributed by atoms with Crippen molar-refractivity contribution in [2.24, 2.45) is 0 Å². The Morgan fingerprint density at radius 1 is 1.21 bits per heavy atom. The summed E-state index contributed by atoms with van der Waals surface area (Å²) in [6.07, 6.45) is 3.29. The number of benzene rings is 1. The van der Waals surface area contributed by atoms with E-state index in [9.17, 15) is 0 Å². The first-order valence-electron chi connectivity index (χ1n) is 6.54. The van der Waals surface area contributed by atoms with Gasteiger partial charge in [0, 0.05) is 23.9 Å². The van der Waals surface area contributed by atoms with Crippen molar-refractivity contribution in [2.45, 2.75) is 19.3 Å². The van der Waals surface area contributed by atoms with Gasteiger partial charge >= 0.3 is 0 Å². The molecular formula is C15H17N3O. The molecule has 0 atom stereocenters. The minimum absolute atomic E-state index is 0.768. The van der Waals surface area contributed by atoms with E-state index in [1.807, 2.05) is 31.3 Å². The summed E-state index contributed by atoms with van der Waals surface area (Å²) < 4.78 is 5.25. The van der Waals surface area contributed by atoms with Crippen LogP contribution in [0.3, 0.4) is 0 Å². The Balaban J connectivity index is 2.10. The van der Waals surface area contributed by atoms with Crippen molar-refractivity contribution in [3.8, 4) is 17.1 Å². The lowest BCUT2D eigenvalue weighted by atomic mass is 10.1. The second-order valence-electron chi connectivity index (χ2n) is 4.66. The molecule has 0 saturated heterocycles. The molecule has 0 amide bonds. The highest BCUT2D eigenvalue weighted by Gasteiger charge is 2.19. The summed E-state index contributed by atoms with van der Waals surface area (Å²) >= 11 is 0. The Morgan fingerprint density at radius 3 is 2.89 bits per heavy atom. The van der Waals surface area contributed by atoms with Crippen molar-refractivity contribution >= 4 is 5.82 Å². The van der Waals surface area contributed by atoms with Gasteiger partial charge in [0.15, 0.2) is 5.82 Å². The summed E-state index contributed by atoms with van der Waals surface area (Å²) in [6.45, 7) is 0. The summed E-state index contributed by atoms with van der Waals surface area (Å²) in [6, 6.07) is 7.87. The number of rotatable bonds is 3. The van der Waals surface area contributed by atoms with E-state index in [0.29, 0.717) is 0 Å². The van der Waals surface area contributed by atoms with Crippen molar-refractivity contribution in [3.63, 3.8) is 0 Å². The van der Waals surface area contributed by atoms with E-state index >= 15 is 0 Å². The van der Waals surface area contributed by atoms with Crippen molar-refractivity contribution in [2.75, 3.05) is 19.5 Å². The third-order valence-electron chi connectivity index (χ3n) is 3.50. The first-order chi connectivity index (χ1) is 9.31. The first-order valence-corrected chi connectivity index (χ1v) is 6.54. The van der Waals surface area contributed by atoms with Gasteiger partial charge in [-0.1, -0.05) is 12.1 Å². The smallest absolute Gasteiger partial charge is 0.161 e. The van der Waals surface area contributed by atoms with Crippen molar-refractivity contribution in [1.29, 1.82) is 0 Å². The first kappa shape index (κ1) is 12.0. The van der Waals surface area contributed by atoms with Crippen LogP contribution in [-0.2, 0) is 12.8 Å². The number of nitrogens with one attached hydrogen (secondary N) is 1. The summed E-state index contributed by atoms with van der Waals surface area (Å²) in [4.78, 5) is 9.33. The van der Waals surface area contributed by atoms with Gasteiger partial charge in [-0.15, -0.1) is 0 Å². The second kappa shape index (κ2) is 4.88. The number of aromatic nitrogens is 2. The van der Waals surface area contributed by atoms with Gasteiger partial charge in [-0.05, 0) is 31.4 Å². The summed E-state index contributed by atoms with van der Waals surface area (Å²) in [5, 5.41) is 3.18. The highest BCUT2D eigenvalue weighted by molar-refractivity contribution is 5.62. The van der Waals surface area contributed by atoms with Crippen LogP contribution < -0.4 is 10.1 Å². The Bertz CT molecular complexity index is 610. The lowest BCUT2D eigenvalue weighted by Gasteiger charge is -2.10. The molecule has 19 heavy (non-hydrogen) atoms. The molecule has 1 aliphatic carbocycles. The molecule has 0 aliphatic heterocycles. The van der Waals surface area contributed by atoms with Gasteiger partial charge in [-0.2, -0.15) is 0 Å². The lowest BCUT2D eigenvalue weighted by Crippen LogP contribution is -2.03. The Labute approximate surface area is 112 Å². The van der Waals surface area contributed by atoms with Crippen LogP contribution in [0.1, 0.15) is 17.7 Å². The zero-order valence-corrected chi connectivity index (χ0v) is 11.2. The van der Waals surface area contributed by atoms with Gasteiger partial charge in [0.05, 0.1) is 7.11 Å². The molecule has 1 heterocycles. The molecule has 1 aromatic carbocycles. The molecule has 1 N–H and O–H groups in total. The molecule has 3 rings (SSSR count). The molecule has 4 heteroatoms. The highest BCUT2D eigenvalue weighted by Crippen LogP contribution is 2.29. The number of aryl methyl sites for hydroxylation is 1. The van der Waals surface area contributed by atoms with Gasteiger partial charge in [0.1, 0.15) is 11.6 Å². The van der Waals surface area contributed by atoms with E-state index in [4.69, 9.17) is 9.72 Å². The minimum atomic E-state index is 0.768. The summed E-state index contributed by atoms with van der Waals surface area (Å²) in [5.74, 6) is 2.55. The van der Waals surface area contributed by atoms with Crippen LogP contribution in [0.2, 0.25) is 0 Å². The van der Waals surface area contributed by atoms with Gasteiger partial charge in [-0.25, -0.2) is 9.97 Å². The van der Waals surface area contributed by atoms with Crippen LogP contribution in [0.15, 0.2) is 24.3 Å². The predicted molar refractivity (Wildman–Crippen MR) is 75.6 cm³/mol. The molecule has 0 unspecified atom stereocenters. The zero-order valence-electron chi connectivity index (χ0n) is 11.2. The van der Waals surface area contributed by atoms with E-state index in [-0.39, 0.29) is 0 Å². The molecular weight excluding hydrogens is 238 g/mol. The van der Waals surface area contributed by atoms with Crippen LogP contribution in [0.25, 0.3) is 11.4 Å². The third-order valence-corrected chi connectivity index (χ3v) is 3.50. The van der Waals surface area contributed by atoms with Gasteiger partial charge in [0.2, 0.25) is 0 Å². The predicted octanol–water partition coefficient (Wildman–Crippen LogP) is 2.68. The topological polar surface area (TPSA) is 47.0 Å². The van der Waals surface area contributed by atoms with E-state index in [1.54, 1.807) is 7.11 Å². The van der Waals surface area contributed by atoms with Crippen LogP contribution in [0.5, 0.6) is 5.75 Å². The Hall–Kier alpha value is -2.10. The maximum Gasteiger partial charge on any atom is 0.161 e. The molecule has 1 aromatic heterocycles. The van der Waals surface area contributed by atoms with Crippen molar-refractivity contribution < 1.29 is 4.74 Å². The maximum absolute atomic E-state index is 5.25. The van der Waals surface area contributed by atoms with Crippen LogP contribution >= 0.6 is 0 Å². The van der Waals surface area contributed by atoms with Crippen molar-refractivity contribution in [3.05, 3.63) is 35.5 Å². The van der Waals surface area contributed by atoms with E-state index < -0.39 is 0 Å². The van der Waals surface area contributed by atoms with Crippen LogP contribution in [0.4, 0.5) is 5.82 Å². The Morgan fingerprint density at radius 2 is 2.11 bits per heavy atom. The number of hydrogen-bond acceptors (Lipinski definition) is 4. The number of hydrogen-bond donors (Lipinski definition) is 1. The molecule has 98 valence electrons. The quantitative estimate of drug-likeness (QED) is 0.916. The molecule has 0 spiro atoms. The molecule has 1 aliphatic rings. The fourth-order valence-corrected chi connectivity index (χ4v) is 2.53. The number of fused-ring (bicyclic) bond motifs is 1. The third kappa shape index (κ3) is 2.14. The molecule has 4 nitrogen and oxygen atoms in total. The fourth-order valence-electron chi connectivity index (χ4n) is 2.53. The minimum Gasteiger partial charge on any atom is -0.497 e. The van der Waals surface area contributed by atoms with Gasteiger partial charge in [-0.3, -0.25) is 0 Å². The average molecular weight is 255 g/mol. The molecule has 2 aromatic rings. The monoisotopic (exact) mass is 255 g/mol. The lowest BCUT2D eigenvalue weighted by molar-refractivity contribution is 0.415. The average Bonchev–Trinajstić information content (AvgIpc) is 2.94. The Kier molecular flexibility index (Phi) is 3.07. The SMILES string of the molecule is CNc1nc(-c2cccc(OC)c2)nc2c1CCC2. The summed E-state index contributed by atoms with van der Waals surface area (Å²) in [7, 11) is 3.58. The van der Waals surface area contributed by atoms with E-state index in [2.05, 4.69) is 10.3 Å². The molecule has 0 radical (unpaired) electrons. The number of methoxy groups -OCH3 is 1. The van der Waals surface area contributed by atoms with Gasteiger partial charge < -0.3 is 10.1 Å².